The first kappa shape index (κ1) is 18.2. The second-order valence-electron chi connectivity index (χ2n) is 6.59. The molecule has 0 radical (unpaired) electrons. The molecule has 3 rings (SSSR count). The number of aryl methyl sites for hydroxylation is 2. The summed E-state index contributed by atoms with van der Waals surface area (Å²) >= 11 is 6.28. The molecule has 0 unspecified atom stereocenters. The van der Waals surface area contributed by atoms with Crippen molar-refractivity contribution in [1.82, 2.24) is 5.16 Å². The largest absolute Gasteiger partial charge is 0.360 e. The lowest BCUT2D eigenvalue weighted by Crippen LogP contribution is -2.16. The maximum Gasteiger partial charge on any atom is 0.261 e. The number of amides is 1. The van der Waals surface area contributed by atoms with Crippen molar-refractivity contribution in [2.24, 2.45) is 0 Å². The van der Waals surface area contributed by atoms with Crippen molar-refractivity contribution < 1.29 is 9.32 Å². The topological polar surface area (TPSA) is 55.1 Å². The molecule has 0 saturated carbocycles. The number of nitrogens with one attached hydrogen (secondary N) is 1. The van der Waals surface area contributed by atoms with Gasteiger partial charge in [0.25, 0.3) is 5.91 Å². The summed E-state index contributed by atoms with van der Waals surface area (Å²) in [6.07, 6.45) is 0. The summed E-state index contributed by atoms with van der Waals surface area (Å²) in [6.45, 7) is 7.91. The Morgan fingerprint density at radius 3 is 2.54 bits per heavy atom. The highest BCUT2D eigenvalue weighted by Crippen LogP contribution is 2.33. The van der Waals surface area contributed by atoms with E-state index in [-0.39, 0.29) is 11.8 Å². The first-order valence-corrected chi connectivity index (χ1v) is 8.90. The number of aromatic nitrogens is 1. The fraction of sp³-hybridized carbons (Fsp3) is 0.238. The van der Waals surface area contributed by atoms with Crippen LogP contribution in [0.3, 0.4) is 0 Å². The molecular formula is C21H21ClN2O2. The molecule has 0 aliphatic heterocycles. The number of nitrogens with zero attached hydrogens (tertiary/aromatic N) is 1. The lowest BCUT2D eigenvalue weighted by atomic mass is 9.97. The Morgan fingerprint density at radius 1 is 1.12 bits per heavy atom. The van der Waals surface area contributed by atoms with Crippen molar-refractivity contribution in [2.45, 2.75) is 33.6 Å². The summed E-state index contributed by atoms with van der Waals surface area (Å²) in [4.78, 5) is 13.1. The molecule has 26 heavy (non-hydrogen) atoms. The molecule has 4 nitrogen and oxygen atoms in total. The van der Waals surface area contributed by atoms with Crippen LogP contribution < -0.4 is 5.32 Å². The van der Waals surface area contributed by atoms with Gasteiger partial charge in [0, 0.05) is 11.3 Å². The Morgan fingerprint density at radius 2 is 1.85 bits per heavy atom. The SMILES string of the molecule is Cc1cccc(C(C)C)c1NC(=O)c1c(-c2ccccc2Cl)noc1C. The molecule has 2 aromatic carbocycles. The number of anilines is 1. The molecule has 1 amide bonds. The minimum Gasteiger partial charge on any atom is -0.360 e. The van der Waals surface area contributed by atoms with Gasteiger partial charge in [0.15, 0.2) is 0 Å². The fourth-order valence-corrected chi connectivity index (χ4v) is 3.22. The predicted molar refractivity (Wildman–Crippen MR) is 105 cm³/mol. The zero-order valence-corrected chi connectivity index (χ0v) is 16.0. The first-order valence-electron chi connectivity index (χ1n) is 8.52. The van der Waals surface area contributed by atoms with Crippen molar-refractivity contribution in [1.29, 1.82) is 0 Å². The number of hydrogen-bond acceptors (Lipinski definition) is 3. The van der Waals surface area contributed by atoms with Gasteiger partial charge in [0.1, 0.15) is 17.0 Å². The average molecular weight is 369 g/mol. The molecule has 0 atom stereocenters. The van der Waals surface area contributed by atoms with Crippen LogP contribution in [0.4, 0.5) is 5.69 Å². The smallest absolute Gasteiger partial charge is 0.261 e. The van der Waals surface area contributed by atoms with Crippen LogP contribution in [0.25, 0.3) is 11.3 Å². The van der Waals surface area contributed by atoms with Gasteiger partial charge < -0.3 is 9.84 Å². The third kappa shape index (κ3) is 3.37. The molecule has 0 fully saturated rings. The molecule has 0 saturated heterocycles. The van der Waals surface area contributed by atoms with E-state index in [9.17, 15) is 4.79 Å². The van der Waals surface area contributed by atoms with Crippen LogP contribution in [0.15, 0.2) is 47.0 Å². The number of hydrogen-bond donors (Lipinski definition) is 1. The van der Waals surface area contributed by atoms with E-state index in [0.29, 0.717) is 27.6 Å². The zero-order chi connectivity index (χ0) is 18.8. The van der Waals surface area contributed by atoms with Crippen LogP contribution in [0.1, 0.15) is 47.0 Å². The van der Waals surface area contributed by atoms with Crippen LogP contribution in [0.2, 0.25) is 5.02 Å². The van der Waals surface area contributed by atoms with Crippen LogP contribution in [0.5, 0.6) is 0 Å². The highest BCUT2D eigenvalue weighted by atomic mass is 35.5. The van der Waals surface area contributed by atoms with Crippen molar-refractivity contribution in [2.75, 3.05) is 5.32 Å². The lowest BCUT2D eigenvalue weighted by Gasteiger charge is -2.16. The number of rotatable bonds is 4. The molecule has 0 bridgehead atoms. The third-order valence-corrected chi connectivity index (χ3v) is 4.71. The standard InChI is InChI=1S/C21H21ClN2O2/c1-12(2)15-10-7-8-13(3)19(15)23-21(25)18-14(4)26-24-20(18)16-9-5-6-11-17(16)22/h5-12H,1-4H3,(H,23,25). The molecule has 1 N–H and O–H groups in total. The van der Waals surface area contributed by atoms with Crippen LogP contribution in [0, 0.1) is 13.8 Å². The van der Waals surface area contributed by atoms with Crippen molar-refractivity contribution in [3.8, 4) is 11.3 Å². The Hall–Kier alpha value is -2.59. The highest BCUT2D eigenvalue weighted by Gasteiger charge is 2.24. The van der Waals surface area contributed by atoms with Gasteiger partial charge in [-0.15, -0.1) is 0 Å². The van der Waals surface area contributed by atoms with E-state index in [4.69, 9.17) is 16.1 Å². The first-order chi connectivity index (χ1) is 12.4. The van der Waals surface area contributed by atoms with Crippen molar-refractivity contribution >= 4 is 23.2 Å². The summed E-state index contributed by atoms with van der Waals surface area (Å²) in [5, 5.41) is 7.64. The molecule has 134 valence electrons. The van der Waals surface area contributed by atoms with Crippen LogP contribution in [-0.4, -0.2) is 11.1 Å². The van der Waals surface area contributed by atoms with Crippen LogP contribution >= 0.6 is 11.6 Å². The van der Waals surface area contributed by atoms with Crippen molar-refractivity contribution in [3.05, 3.63) is 69.9 Å². The second-order valence-corrected chi connectivity index (χ2v) is 7.00. The van der Waals surface area contributed by atoms with Gasteiger partial charge in [-0.25, -0.2) is 0 Å². The molecule has 0 spiro atoms. The summed E-state index contributed by atoms with van der Waals surface area (Å²) in [6, 6.07) is 13.3. The Labute approximate surface area is 158 Å². The normalized spacial score (nSPS) is 11.0. The Balaban J connectivity index is 2.04. The summed E-state index contributed by atoms with van der Waals surface area (Å²) in [7, 11) is 0. The molecule has 5 heteroatoms. The average Bonchev–Trinajstić information content (AvgIpc) is 2.98. The van der Waals surface area contributed by atoms with Gasteiger partial charge in [-0.3, -0.25) is 4.79 Å². The van der Waals surface area contributed by atoms with E-state index in [2.05, 4.69) is 24.3 Å². The van der Waals surface area contributed by atoms with Crippen LogP contribution in [-0.2, 0) is 0 Å². The van der Waals surface area contributed by atoms with E-state index < -0.39 is 0 Å². The fourth-order valence-electron chi connectivity index (χ4n) is 3.00. The quantitative estimate of drug-likeness (QED) is 0.615. The predicted octanol–water partition coefficient (Wildman–Crippen LogP) is 5.99. The minimum absolute atomic E-state index is 0.255. The van der Waals surface area contributed by atoms with Gasteiger partial charge in [0.2, 0.25) is 0 Å². The maximum absolute atomic E-state index is 13.1. The van der Waals surface area contributed by atoms with E-state index in [1.807, 2.05) is 43.3 Å². The molecule has 0 aliphatic carbocycles. The monoisotopic (exact) mass is 368 g/mol. The highest BCUT2D eigenvalue weighted by molar-refractivity contribution is 6.33. The molecule has 0 aliphatic rings. The molecular weight excluding hydrogens is 348 g/mol. The Kier molecular flexibility index (Phi) is 5.14. The maximum atomic E-state index is 13.1. The van der Waals surface area contributed by atoms with E-state index in [0.717, 1.165) is 16.8 Å². The zero-order valence-electron chi connectivity index (χ0n) is 15.3. The summed E-state index contributed by atoms with van der Waals surface area (Å²) in [5.74, 6) is 0.490. The van der Waals surface area contributed by atoms with E-state index >= 15 is 0 Å². The molecule has 3 aromatic rings. The third-order valence-electron chi connectivity index (χ3n) is 4.38. The van der Waals surface area contributed by atoms with Gasteiger partial charge in [0.05, 0.1) is 5.02 Å². The number of carbonyl (C=O) groups is 1. The van der Waals surface area contributed by atoms with Gasteiger partial charge in [-0.1, -0.05) is 67.0 Å². The number of para-hydroxylation sites is 1. The van der Waals surface area contributed by atoms with Gasteiger partial charge in [-0.2, -0.15) is 0 Å². The number of benzene rings is 2. The van der Waals surface area contributed by atoms with Gasteiger partial charge in [-0.05, 0) is 37.0 Å². The number of carbonyl (C=O) groups excluding carboxylic acids is 1. The Bertz CT molecular complexity index is 960. The summed E-state index contributed by atoms with van der Waals surface area (Å²) < 4.78 is 5.30. The minimum atomic E-state index is -0.255. The molecule has 1 aromatic heterocycles. The molecule has 1 heterocycles. The van der Waals surface area contributed by atoms with E-state index in [1.54, 1.807) is 13.0 Å². The van der Waals surface area contributed by atoms with E-state index in [1.165, 1.54) is 0 Å². The van der Waals surface area contributed by atoms with Crippen molar-refractivity contribution in [3.63, 3.8) is 0 Å². The number of halogens is 1. The second kappa shape index (κ2) is 7.34. The van der Waals surface area contributed by atoms with Gasteiger partial charge >= 0.3 is 0 Å². The summed E-state index contributed by atoms with van der Waals surface area (Å²) in [5.41, 5.74) is 4.45. The lowest BCUT2D eigenvalue weighted by molar-refractivity contribution is 0.102.